The molecule has 14 heteroatoms. The predicted octanol–water partition coefficient (Wildman–Crippen LogP) is 3.05. The van der Waals surface area contributed by atoms with Crippen molar-refractivity contribution in [2.45, 2.75) is 19.6 Å². The number of sulfonamides is 1. The second kappa shape index (κ2) is 9.74. The maximum atomic E-state index is 13.6. The molecule has 2 heterocycles. The summed E-state index contributed by atoms with van der Waals surface area (Å²) in [4.78, 5) is 23.0. The summed E-state index contributed by atoms with van der Waals surface area (Å²) in [5.41, 5.74) is 5.80. The number of aryl methyl sites for hydroxylation is 1. The standard InChI is InChI=1S/C21H22F3N7O3S/c1-12-8-14(19(27-9-12)31(2)35(3,33)34)10-26-18-16(21(22,23)24)11-28-20(30-18)29-15-6-4-13(5-7-15)17(25)32/h4-9,11H,10H2,1-3H3,(H2,25,32)(H2,26,28,29,30). The van der Waals surface area contributed by atoms with Crippen LogP contribution >= 0.6 is 0 Å². The molecule has 3 aromatic rings. The zero-order chi connectivity index (χ0) is 26.0. The molecule has 0 aliphatic carbocycles. The maximum absolute atomic E-state index is 13.6. The van der Waals surface area contributed by atoms with Crippen LogP contribution in [-0.2, 0) is 22.7 Å². The first-order chi connectivity index (χ1) is 16.3. The van der Waals surface area contributed by atoms with Gasteiger partial charge in [-0.25, -0.2) is 18.4 Å². The summed E-state index contributed by atoms with van der Waals surface area (Å²) in [6.45, 7) is 1.52. The van der Waals surface area contributed by atoms with Gasteiger partial charge in [0.15, 0.2) is 0 Å². The Labute approximate surface area is 199 Å². The first kappa shape index (κ1) is 25.7. The highest BCUT2D eigenvalue weighted by Crippen LogP contribution is 2.34. The number of primary amides is 1. The van der Waals surface area contributed by atoms with E-state index in [0.29, 0.717) is 23.0 Å². The van der Waals surface area contributed by atoms with Crippen molar-refractivity contribution in [2.24, 2.45) is 5.73 Å². The second-order valence-corrected chi connectivity index (χ2v) is 9.61. The van der Waals surface area contributed by atoms with E-state index in [9.17, 15) is 26.4 Å². The van der Waals surface area contributed by atoms with E-state index < -0.39 is 33.5 Å². The molecule has 186 valence electrons. The smallest absolute Gasteiger partial charge is 0.366 e. The van der Waals surface area contributed by atoms with Crippen molar-refractivity contribution in [3.8, 4) is 0 Å². The first-order valence-corrected chi connectivity index (χ1v) is 11.8. The monoisotopic (exact) mass is 509 g/mol. The number of alkyl halides is 3. The van der Waals surface area contributed by atoms with Gasteiger partial charge in [0.1, 0.15) is 17.2 Å². The Kier molecular flexibility index (Phi) is 7.14. The van der Waals surface area contributed by atoms with Gasteiger partial charge in [-0.2, -0.15) is 18.2 Å². The fraction of sp³-hybridized carbons (Fsp3) is 0.238. The highest BCUT2D eigenvalue weighted by Gasteiger charge is 2.35. The number of pyridine rings is 1. The van der Waals surface area contributed by atoms with E-state index in [2.05, 4.69) is 25.6 Å². The lowest BCUT2D eigenvalue weighted by Crippen LogP contribution is -2.27. The van der Waals surface area contributed by atoms with Crippen LogP contribution in [0.5, 0.6) is 0 Å². The van der Waals surface area contributed by atoms with Crippen LogP contribution in [0, 0.1) is 6.92 Å². The molecule has 35 heavy (non-hydrogen) atoms. The number of nitrogens with zero attached hydrogens (tertiary/aromatic N) is 4. The number of anilines is 4. The molecule has 0 saturated carbocycles. The van der Waals surface area contributed by atoms with Gasteiger partial charge < -0.3 is 16.4 Å². The summed E-state index contributed by atoms with van der Waals surface area (Å²) in [5.74, 6) is -1.21. The topological polar surface area (TPSA) is 143 Å². The molecule has 1 aromatic carbocycles. The minimum atomic E-state index is -4.75. The van der Waals surface area contributed by atoms with Crippen LogP contribution in [0.15, 0.2) is 42.7 Å². The molecule has 0 atom stereocenters. The SMILES string of the molecule is Cc1cnc(N(C)S(C)(=O)=O)c(CNc2nc(Nc3ccc(C(N)=O)cc3)ncc2C(F)(F)F)c1. The molecule has 0 spiro atoms. The Morgan fingerprint density at radius 1 is 1.14 bits per heavy atom. The number of benzene rings is 1. The Morgan fingerprint density at radius 2 is 1.80 bits per heavy atom. The largest absolute Gasteiger partial charge is 0.421 e. The summed E-state index contributed by atoms with van der Waals surface area (Å²) in [5, 5.41) is 5.39. The Bertz CT molecular complexity index is 1350. The Hall–Kier alpha value is -3.94. The van der Waals surface area contributed by atoms with Gasteiger partial charge in [-0.05, 0) is 42.8 Å². The van der Waals surface area contributed by atoms with E-state index in [1.807, 2.05) is 0 Å². The molecule has 0 aliphatic rings. The van der Waals surface area contributed by atoms with E-state index in [1.165, 1.54) is 37.5 Å². The van der Waals surface area contributed by atoms with E-state index in [4.69, 9.17) is 5.73 Å². The number of carbonyl (C=O) groups excluding carboxylic acids is 1. The predicted molar refractivity (Wildman–Crippen MR) is 125 cm³/mol. The van der Waals surface area contributed by atoms with Gasteiger partial charge in [-0.1, -0.05) is 0 Å². The average molecular weight is 510 g/mol. The summed E-state index contributed by atoms with van der Waals surface area (Å²) >= 11 is 0. The quantitative estimate of drug-likeness (QED) is 0.420. The van der Waals surface area contributed by atoms with E-state index >= 15 is 0 Å². The van der Waals surface area contributed by atoms with Crippen LogP contribution in [0.3, 0.4) is 0 Å². The number of halogens is 3. The van der Waals surface area contributed by atoms with Crippen LogP contribution < -0.4 is 20.7 Å². The molecule has 0 fully saturated rings. The van der Waals surface area contributed by atoms with Gasteiger partial charge in [-0.3, -0.25) is 9.10 Å². The highest BCUT2D eigenvalue weighted by atomic mass is 32.2. The zero-order valence-electron chi connectivity index (χ0n) is 18.9. The minimum absolute atomic E-state index is 0.0705. The molecule has 10 nitrogen and oxygen atoms in total. The van der Waals surface area contributed by atoms with Crippen LogP contribution in [0.25, 0.3) is 0 Å². The molecule has 0 radical (unpaired) electrons. The second-order valence-electron chi connectivity index (χ2n) is 7.60. The Morgan fingerprint density at radius 3 is 2.37 bits per heavy atom. The van der Waals surface area contributed by atoms with Crippen LogP contribution in [0.1, 0.15) is 27.0 Å². The molecule has 4 N–H and O–H groups in total. The van der Waals surface area contributed by atoms with E-state index in [-0.39, 0.29) is 23.9 Å². The lowest BCUT2D eigenvalue weighted by molar-refractivity contribution is -0.137. The van der Waals surface area contributed by atoms with Crippen molar-refractivity contribution in [3.05, 3.63) is 65.0 Å². The molecule has 1 amide bonds. The molecule has 0 unspecified atom stereocenters. The first-order valence-electron chi connectivity index (χ1n) is 10.00. The van der Waals surface area contributed by atoms with Crippen molar-refractivity contribution < 1.29 is 26.4 Å². The van der Waals surface area contributed by atoms with Crippen molar-refractivity contribution >= 4 is 39.2 Å². The normalized spacial score (nSPS) is 11.7. The number of aromatic nitrogens is 3. The summed E-state index contributed by atoms with van der Waals surface area (Å²) in [7, 11) is -2.36. The molecule has 3 rings (SSSR count). The zero-order valence-corrected chi connectivity index (χ0v) is 19.7. The number of hydrogen-bond donors (Lipinski definition) is 3. The van der Waals surface area contributed by atoms with Gasteiger partial charge in [0.05, 0.1) is 6.26 Å². The summed E-state index contributed by atoms with van der Waals surface area (Å²) in [6, 6.07) is 7.50. The number of carbonyl (C=O) groups is 1. The van der Waals surface area contributed by atoms with E-state index in [0.717, 1.165) is 10.6 Å². The van der Waals surface area contributed by atoms with Gasteiger partial charge in [0.2, 0.25) is 21.9 Å². The third kappa shape index (κ3) is 6.35. The average Bonchev–Trinajstić information content (AvgIpc) is 2.76. The molecule has 0 saturated heterocycles. The van der Waals surface area contributed by atoms with Gasteiger partial charge in [0.25, 0.3) is 0 Å². The number of amides is 1. The number of nitrogens with two attached hydrogens (primary N) is 1. The van der Waals surface area contributed by atoms with Crippen LogP contribution in [0.2, 0.25) is 0 Å². The van der Waals surface area contributed by atoms with Gasteiger partial charge in [0, 0.05) is 42.8 Å². The third-order valence-electron chi connectivity index (χ3n) is 4.84. The van der Waals surface area contributed by atoms with Crippen molar-refractivity contribution in [3.63, 3.8) is 0 Å². The van der Waals surface area contributed by atoms with Crippen LogP contribution in [0.4, 0.5) is 36.4 Å². The lowest BCUT2D eigenvalue weighted by Gasteiger charge is -2.20. The van der Waals surface area contributed by atoms with Gasteiger partial charge >= 0.3 is 6.18 Å². The lowest BCUT2D eigenvalue weighted by atomic mass is 10.2. The number of rotatable bonds is 8. The van der Waals surface area contributed by atoms with Crippen molar-refractivity contribution in [1.82, 2.24) is 15.0 Å². The number of nitrogens with one attached hydrogen (secondary N) is 2. The Balaban J connectivity index is 1.92. The van der Waals surface area contributed by atoms with Crippen LogP contribution in [-0.4, -0.2) is 42.6 Å². The van der Waals surface area contributed by atoms with Crippen molar-refractivity contribution in [2.75, 3.05) is 28.2 Å². The third-order valence-corrected chi connectivity index (χ3v) is 6.01. The molecular formula is C21H22F3N7O3S. The highest BCUT2D eigenvalue weighted by molar-refractivity contribution is 7.92. The maximum Gasteiger partial charge on any atom is 0.421 e. The minimum Gasteiger partial charge on any atom is -0.366 e. The summed E-state index contributed by atoms with van der Waals surface area (Å²) < 4.78 is 65.7. The summed E-state index contributed by atoms with van der Waals surface area (Å²) in [6.07, 6.45) is -1.67. The molecule has 0 bridgehead atoms. The molecule has 0 aliphatic heterocycles. The molecular weight excluding hydrogens is 487 g/mol. The van der Waals surface area contributed by atoms with Gasteiger partial charge in [-0.15, -0.1) is 0 Å². The number of hydrogen-bond acceptors (Lipinski definition) is 8. The van der Waals surface area contributed by atoms with E-state index in [1.54, 1.807) is 13.0 Å². The molecule has 2 aromatic heterocycles. The fourth-order valence-electron chi connectivity index (χ4n) is 3.00. The fourth-order valence-corrected chi connectivity index (χ4v) is 3.48. The van der Waals surface area contributed by atoms with Crippen molar-refractivity contribution in [1.29, 1.82) is 0 Å².